The summed E-state index contributed by atoms with van der Waals surface area (Å²) in [6.07, 6.45) is -6.74. The number of amides is 21. The number of hydrogen-bond acceptors (Lipinski definition) is 30. The van der Waals surface area contributed by atoms with E-state index in [0.29, 0.717) is 12.8 Å². The van der Waals surface area contributed by atoms with Crippen molar-refractivity contribution >= 4 is 160 Å². The molecule has 1 aliphatic heterocycles. The van der Waals surface area contributed by atoms with E-state index < -0.39 is 363 Å². The third kappa shape index (κ3) is 50.0. The first-order valence-corrected chi connectivity index (χ1v) is 49.1. The second kappa shape index (κ2) is 67.8. The molecular formula is C90H155N29O30. The fourth-order valence-corrected chi connectivity index (χ4v) is 14.6. The number of carboxylic acids is 4. The van der Waals surface area contributed by atoms with Crippen LogP contribution in [0.25, 0.3) is 0 Å². The highest BCUT2D eigenvalue weighted by atomic mass is 16.4. The van der Waals surface area contributed by atoms with E-state index in [1.165, 1.54) is 34.6 Å². The van der Waals surface area contributed by atoms with Gasteiger partial charge >= 0.3 is 23.9 Å². The van der Waals surface area contributed by atoms with Gasteiger partial charge in [0, 0.05) is 38.9 Å². The third-order valence-corrected chi connectivity index (χ3v) is 24.1. The minimum atomic E-state index is -2.07. The summed E-state index contributed by atoms with van der Waals surface area (Å²) in [6, 6.07) is -26.9. The lowest BCUT2D eigenvalue weighted by molar-refractivity contribution is -0.147. The molecule has 59 heteroatoms. The summed E-state index contributed by atoms with van der Waals surface area (Å²) in [5.74, 6) is -32.4. The minimum absolute atomic E-state index is 0.00101. The van der Waals surface area contributed by atoms with Gasteiger partial charge in [-0.2, -0.15) is 0 Å². The van der Waals surface area contributed by atoms with Gasteiger partial charge in [-0.05, 0) is 134 Å². The Morgan fingerprint density at radius 2 is 0.685 bits per heavy atom. The van der Waals surface area contributed by atoms with E-state index in [1.807, 2.05) is 5.32 Å². The van der Waals surface area contributed by atoms with E-state index >= 15 is 0 Å². The summed E-state index contributed by atoms with van der Waals surface area (Å²) in [5.41, 5.74) is 33.6. The predicted octanol–water partition coefficient (Wildman–Crippen LogP) is -11.1. The molecule has 149 heavy (non-hydrogen) atoms. The summed E-state index contributed by atoms with van der Waals surface area (Å²) >= 11 is 0. The van der Waals surface area contributed by atoms with Crippen molar-refractivity contribution in [1.29, 1.82) is 10.8 Å². The van der Waals surface area contributed by atoms with Gasteiger partial charge in [0.05, 0.1) is 44.6 Å². The van der Waals surface area contributed by atoms with Crippen molar-refractivity contribution in [2.75, 3.05) is 45.8 Å². The Morgan fingerprint density at radius 3 is 1.09 bits per heavy atom. The van der Waals surface area contributed by atoms with Crippen molar-refractivity contribution in [3.05, 3.63) is 0 Å². The van der Waals surface area contributed by atoms with Crippen LogP contribution >= 0.6 is 0 Å². The van der Waals surface area contributed by atoms with Gasteiger partial charge < -0.3 is 171 Å². The molecule has 1 aliphatic rings. The molecule has 1 heterocycles. The van der Waals surface area contributed by atoms with Crippen LogP contribution in [0.2, 0.25) is 0 Å². The summed E-state index contributed by atoms with van der Waals surface area (Å²) < 4.78 is 0. The number of likely N-dealkylation sites (tertiary alicyclic amines) is 1. The smallest absolute Gasteiger partial charge is 0.326 e. The molecule has 1 saturated heterocycles. The van der Waals surface area contributed by atoms with Crippen molar-refractivity contribution in [3.8, 4) is 0 Å². The van der Waals surface area contributed by atoms with Gasteiger partial charge in [-0.15, -0.1) is 0 Å². The number of aliphatic hydroxyl groups is 1. The third-order valence-electron chi connectivity index (χ3n) is 24.1. The zero-order valence-corrected chi connectivity index (χ0v) is 86.2. The van der Waals surface area contributed by atoms with E-state index in [4.69, 9.17) is 50.3 Å². The maximum absolute atomic E-state index is 14.7. The Labute approximate surface area is 860 Å². The van der Waals surface area contributed by atoms with Gasteiger partial charge in [-0.3, -0.25) is 126 Å². The summed E-state index contributed by atoms with van der Waals surface area (Å²) in [4.78, 5) is 337. The van der Waals surface area contributed by atoms with E-state index in [-0.39, 0.29) is 96.3 Å². The number of nitrogens with two attached hydrogens (primary N) is 6. The highest BCUT2D eigenvalue weighted by Crippen LogP contribution is 2.21. The first-order valence-electron chi connectivity index (χ1n) is 49.1. The molecule has 0 aliphatic carbocycles. The standard InChI is InChI=1S/C90H155N29O30/c1-14-43(8)68(84(144)104-46(11)72(132)113-56(88(148)149)37-65(130)131)115-75(135)50(22-17-18-32-91)106-61(124)40-103-82(142)71(48(13)120)118-76(136)52(26-29-58(92)121)107-60(123)39-102-80(140)57-25-21-35-119(57)87(147)47(12)105-85(145)69(44(9)15-2)116-78(138)53(27-30-59(93)122)109-74(134)51(24-20-34-100-90(97)98)112-83(143)67(42(6)7)114-77(137)54(28-31-63(126)127)110-79(139)55(36-64(128)129)108-62(125)38-101-73(133)49(23-19-33-99-89(95)96)111-86(146)70(45(10)16-3)117-81(141)66(94)41(4)5/h41-57,66-71,120H,14-40,91,94H2,1-13H3,(H2,92,121)(H2,93,122)(H,101,133)(H,102,140)(H,103,142)(H,104,144)(H,105,145)(H,106,124)(H,107,123)(H,108,125)(H,109,134)(H,110,139)(H,111,146)(H,112,143)(H,113,132)(H,114,137)(H,115,135)(H,116,138)(H,117,141)(H,118,136)(H,126,127)(H,128,129)(H,130,131)(H,148,149)(H4,95,96,99)(H4,97,98,100)/t43-,44-,45-,46-,47-,48+,49-,50-,51-,52-,53-,54-,55-,56-,57-,66-,67-,68-,69-,70-,71-/m0/s1. The molecule has 1 fully saturated rings. The SMILES string of the molecule is CC[C@H](C)[C@H](NC(=O)[C@H](CCCCN)NC(=O)CNC(=O)[C@@H](NC(=O)[C@H](CCC(N)=O)NC(=O)CNC(=O)[C@@H]1CCCN1C(=O)[C@H](C)NC(=O)[C@@H](NC(=O)[C@H](CCC(N)=O)NC(=O)[C@H](CCCNC(=N)N)NC(=O)[C@@H](NC(=O)[C@H](CCC(=O)O)NC(=O)[C@H](CC(=O)O)NC(=O)CNC(=O)[C@H](CCCNC(=N)N)NC(=O)[C@@H](NC(=O)[C@@H](N)C(C)C)[C@@H](C)CC)C(C)C)[C@@H](C)CC)[C@@H](C)O)C(=O)N[C@@H](C)C(=O)N[C@@H](CC(=O)O)C(=O)O. The number of aliphatic carboxylic acids is 4. The largest absolute Gasteiger partial charge is 0.481 e. The molecule has 0 spiro atoms. The number of nitrogens with one attached hydrogen (secondary N) is 22. The Balaban J connectivity index is 3.51. The number of carboxylic acid groups (broad SMARTS) is 4. The van der Waals surface area contributed by atoms with E-state index in [9.17, 15) is 140 Å². The Morgan fingerprint density at radius 1 is 0.342 bits per heavy atom. The minimum Gasteiger partial charge on any atom is -0.481 e. The molecule has 0 aromatic carbocycles. The molecule has 21 atom stereocenters. The zero-order valence-electron chi connectivity index (χ0n) is 86.2. The van der Waals surface area contributed by atoms with Gasteiger partial charge in [-0.25, -0.2) is 4.79 Å². The monoisotopic (exact) mass is 2120 g/mol. The lowest BCUT2D eigenvalue weighted by Gasteiger charge is -2.30. The van der Waals surface area contributed by atoms with Gasteiger partial charge in [0.2, 0.25) is 124 Å². The van der Waals surface area contributed by atoms with Crippen LogP contribution in [0.15, 0.2) is 0 Å². The van der Waals surface area contributed by atoms with Gasteiger partial charge in [0.25, 0.3) is 0 Å². The Hall–Kier alpha value is -14.8. The highest BCUT2D eigenvalue weighted by Gasteiger charge is 2.43. The van der Waals surface area contributed by atoms with Crippen LogP contribution in [0, 0.1) is 40.4 Å². The first kappa shape index (κ1) is 132. The first-order chi connectivity index (χ1) is 69.7. The van der Waals surface area contributed by atoms with Crippen molar-refractivity contribution in [3.63, 3.8) is 0 Å². The number of carbonyl (C=O) groups is 25. The second-order valence-electron chi connectivity index (χ2n) is 37.0. The summed E-state index contributed by atoms with van der Waals surface area (Å²) in [5, 5.41) is 112. The van der Waals surface area contributed by atoms with Crippen molar-refractivity contribution < 1.29 is 145 Å². The maximum atomic E-state index is 14.7. The number of guanidine groups is 2. The Bertz CT molecular complexity index is 4660. The molecule has 1 rings (SSSR count). The topological polar surface area (TPSA) is 976 Å². The van der Waals surface area contributed by atoms with Crippen LogP contribution < -0.4 is 141 Å². The fourth-order valence-electron chi connectivity index (χ4n) is 14.6. The number of primary amides is 2. The quantitative estimate of drug-likeness (QED) is 0.0153. The highest BCUT2D eigenvalue weighted by molar-refractivity contribution is 6.03. The normalized spacial score (nSPS) is 16.1. The molecule has 840 valence electrons. The van der Waals surface area contributed by atoms with Gasteiger partial charge in [-0.1, -0.05) is 88.5 Å². The Kier molecular flexibility index (Phi) is 60.2. The summed E-state index contributed by atoms with van der Waals surface area (Å²) in [6.45, 7) is 16.7. The zero-order chi connectivity index (χ0) is 114. The molecule has 0 aromatic heterocycles. The van der Waals surface area contributed by atoms with Crippen molar-refractivity contribution in [2.45, 2.75) is 327 Å². The summed E-state index contributed by atoms with van der Waals surface area (Å²) in [7, 11) is 0. The molecular weight excluding hydrogens is 1970 g/mol. The lowest BCUT2D eigenvalue weighted by Crippen LogP contribution is -2.61. The van der Waals surface area contributed by atoms with Crippen LogP contribution in [-0.4, -0.2) is 345 Å². The van der Waals surface area contributed by atoms with Crippen molar-refractivity contribution in [1.82, 2.24) is 111 Å². The fraction of sp³-hybridized carbons (Fsp3) is 0.700. The number of rotatable bonds is 72. The average Bonchev–Trinajstić information content (AvgIpc) is 1.73. The van der Waals surface area contributed by atoms with Crippen LogP contribution in [0.4, 0.5) is 0 Å². The molecule has 39 N–H and O–H groups in total. The second-order valence-corrected chi connectivity index (χ2v) is 37.0. The number of carbonyl (C=O) groups excluding carboxylic acids is 21. The predicted molar refractivity (Wildman–Crippen MR) is 529 cm³/mol. The van der Waals surface area contributed by atoms with Gasteiger partial charge in [0.15, 0.2) is 11.9 Å². The maximum Gasteiger partial charge on any atom is 0.326 e. The van der Waals surface area contributed by atoms with Crippen molar-refractivity contribution in [2.24, 2.45) is 64.0 Å². The van der Waals surface area contributed by atoms with Crippen LogP contribution in [0.5, 0.6) is 0 Å². The molecule has 0 bridgehead atoms. The molecule has 0 unspecified atom stereocenters. The molecule has 0 radical (unpaired) electrons. The number of aliphatic hydroxyl groups excluding tert-OH is 1. The van der Waals surface area contributed by atoms with E-state index in [2.05, 4.69) is 101 Å². The van der Waals surface area contributed by atoms with Crippen LogP contribution in [-0.2, 0) is 120 Å². The number of nitrogens with zero attached hydrogens (tertiary/aromatic N) is 1. The molecule has 59 nitrogen and oxygen atoms in total. The van der Waals surface area contributed by atoms with E-state index in [0.717, 1.165) is 11.8 Å². The molecule has 21 amide bonds. The average molecular weight is 2120 g/mol. The number of hydrogen-bond donors (Lipinski definition) is 33. The van der Waals surface area contributed by atoms with Crippen LogP contribution in [0.1, 0.15) is 218 Å². The van der Waals surface area contributed by atoms with E-state index in [1.54, 1.807) is 48.5 Å². The molecule has 0 aromatic rings. The van der Waals surface area contributed by atoms with Crippen LogP contribution in [0.3, 0.4) is 0 Å². The lowest BCUT2D eigenvalue weighted by atomic mass is 9.96. The molecule has 0 saturated carbocycles. The number of unbranched alkanes of at least 4 members (excludes halogenated alkanes) is 1. The van der Waals surface area contributed by atoms with Gasteiger partial charge in [0.1, 0.15) is 96.7 Å².